The molecule has 162 valence electrons. The number of hydrogen-bond acceptors (Lipinski definition) is 4. The molecule has 0 aromatic heterocycles. The highest BCUT2D eigenvalue weighted by Gasteiger charge is 2.27. The van der Waals surface area contributed by atoms with Crippen LogP contribution in [0.3, 0.4) is 0 Å². The molecule has 0 saturated heterocycles. The minimum Gasteiger partial charge on any atom is -0.297 e. The van der Waals surface area contributed by atoms with Gasteiger partial charge in [0.15, 0.2) is 11.6 Å². The van der Waals surface area contributed by atoms with Crippen LogP contribution in [0.15, 0.2) is 54.6 Å². The molecule has 0 fully saturated rings. The number of rotatable bonds is 11. The second-order valence-corrected chi connectivity index (χ2v) is 8.35. The summed E-state index contributed by atoms with van der Waals surface area (Å²) in [5.41, 5.74) is 2.93. The Morgan fingerprint density at radius 1 is 0.833 bits per heavy atom. The Labute approximate surface area is 181 Å². The van der Waals surface area contributed by atoms with Crippen molar-refractivity contribution in [3.05, 3.63) is 71.3 Å². The molecule has 2 aromatic carbocycles. The molecule has 0 radical (unpaired) electrons. The van der Waals surface area contributed by atoms with Crippen molar-refractivity contribution >= 4 is 11.6 Å². The van der Waals surface area contributed by atoms with Crippen molar-refractivity contribution in [1.29, 1.82) is 0 Å². The van der Waals surface area contributed by atoms with Crippen LogP contribution >= 0.6 is 0 Å². The van der Waals surface area contributed by atoms with Crippen LogP contribution in [-0.4, -0.2) is 48.6 Å². The van der Waals surface area contributed by atoms with E-state index in [1.807, 2.05) is 87.4 Å². The first kappa shape index (κ1) is 24.0. The Bertz CT molecular complexity index is 826. The molecule has 0 bridgehead atoms. The lowest BCUT2D eigenvalue weighted by Gasteiger charge is -2.29. The van der Waals surface area contributed by atoms with Gasteiger partial charge in [-0.2, -0.15) is 0 Å². The fourth-order valence-electron chi connectivity index (χ4n) is 4.03. The normalized spacial score (nSPS) is 13.6. The largest absolute Gasteiger partial charge is 0.297 e. The van der Waals surface area contributed by atoms with Crippen LogP contribution in [0.1, 0.15) is 56.5 Å². The fourth-order valence-corrected chi connectivity index (χ4v) is 4.03. The molecule has 0 aliphatic carbocycles. The first-order chi connectivity index (χ1) is 14.3. The number of ketones is 2. The Hall–Kier alpha value is -2.30. The maximum Gasteiger partial charge on any atom is 0.158 e. The van der Waals surface area contributed by atoms with Gasteiger partial charge in [-0.15, -0.1) is 0 Å². The average molecular weight is 409 g/mol. The number of nitrogens with zero attached hydrogens (tertiary/aromatic N) is 2. The third-order valence-electron chi connectivity index (χ3n) is 5.60. The number of likely N-dealkylation sites (N-methyl/N-ethyl adjacent to an activating group) is 2. The van der Waals surface area contributed by atoms with Gasteiger partial charge in [-0.25, -0.2) is 0 Å². The van der Waals surface area contributed by atoms with Crippen LogP contribution in [0.25, 0.3) is 0 Å². The summed E-state index contributed by atoms with van der Waals surface area (Å²) >= 11 is 0. The molecular weight excluding hydrogens is 372 g/mol. The highest BCUT2D eigenvalue weighted by molar-refractivity contribution is 5.88. The predicted octanol–water partition coefficient (Wildman–Crippen LogP) is 4.71. The maximum atomic E-state index is 13.4. The van der Waals surface area contributed by atoms with E-state index in [1.165, 1.54) is 0 Å². The van der Waals surface area contributed by atoms with Gasteiger partial charge in [0.25, 0.3) is 0 Å². The molecule has 0 heterocycles. The smallest absolute Gasteiger partial charge is 0.158 e. The number of Topliss-reactive ketones (excluding diaryl/α,β-unsaturated/α-hetero) is 2. The first-order valence-electron chi connectivity index (χ1n) is 10.9. The van der Waals surface area contributed by atoms with E-state index in [0.29, 0.717) is 6.42 Å². The van der Waals surface area contributed by atoms with Crippen molar-refractivity contribution in [2.75, 3.05) is 27.2 Å². The number of benzene rings is 2. The summed E-state index contributed by atoms with van der Waals surface area (Å²) in [4.78, 5) is 30.3. The molecule has 2 aromatic rings. The van der Waals surface area contributed by atoms with Crippen LogP contribution in [0.5, 0.6) is 0 Å². The van der Waals surface area contributed by atoms with Gasteiger partial charge in [0, 0.05) is 12.3 Å². The third-order valence-corrected chi connectivity index (χ3v) is 5.60. The van der Waals surface area contributed by atoms with Gasteiger partial charge in [0.05, 0.1) is 12.1 Å². The zero-order valence-electron chi connectivity index (χ0n) is 19.3. The number of carbonyl (C=O) groups excluding carboxylic acids is 2. The lowest BCUT2D eigenvalue weighted by molar-refractivity contribution is -0.126. The highest BCUT2D eigenvalue weighted by atomic mass is 16.1. The molecule has 4 heteroatoms. The van der Waals surface area contributed by atoms with Crippen molar-refractivity contribution in [2.45, 2.75) is 46.2 Å². The fraction of sp³-hybridized carbons (Fsp3) is 0.462. The Balaban J connectivity index is 2.33. The first-order valence-corrected chi connectivity index (χ1v) is 10.9. The molecule has 0 saturated carbocycles. The van der Waals surface area contributed by atoms with Crippen LogP contribution in [0.4, 0.5) is 0 Å². The van der Waals surface area contributed by atoms with E-state index < -0.39 is 0 Å². The molecule has 30 heavy (non-hydrogen) atoms. The van der Waals surface area contributed by atoms with Crippen LogP contribution in [-0.2, 0) is 16.0 Å². The Kier molecular flexibility index (Phi) is 8.94. The second-order valence-electron chi connectivity index (χ2n) is 8.35. The molecule has 0 aliphatic heterocycles. The lowest BCUT2D eigenvalue weighted by Crippen LogP contribution is -2.35. The SMILES string of the molecule is CCN(CC)[C@@H](C(=O)Cc1cccc([C@H](C(=O)C(C)C)N(C)C)c1)c1ccccc1. The topological polar surface area (TPSA) is 40.6 Å². The van der Waals surface area contributed by atoms with E-state index in [4.69, 9.17) is 0 Å². The quantitative estimate of drug-likeness (QED) is 0.540. The van der Waals surface area contributed by atoms with Gasteiger partial charge in [0.2, 0.25) is 0 Å². The van der Waals surface area contributed by atoms with Crippen LogP contribution in [0, 0.1) is 5.92 Å². The third kappa shape index (κ3) is 5.87. The summed E-state index contributed by atoms with van der Waals surface area (Å²) in [6.07, 6.45) is 0.347. The van der Waals surface area contributed by atoms with E-state index in [1.54, 1.807) is 0 Å². The van der Waals surface area contributed by atoms with E-state index in [9.17, 15) is 9.59 Å². The lowest BCUT2D eigenvalue weighted by atomic mass is 9.91. The van der Waals surface area contributed by atoms with Gasteiger partial charge >= 0.3 is 0 Å². The monoisotopic (exact) mass is 408 g/mol. The molecule has 0 aliphatic rings. The van der Waals surface area contributed by atoms with Crippen molar-refractivity contribution in [2.24, 2.45) is 5.92 Å². The summed E-state index contributed by atoms with van der Waals surface area (Å²) in [5.74, 6) is 0.320. The summed E-state index contributed by atoms with van der Waals surface area (Å²) < 4.78 is 0. The van der Waals surface area contributed by atoms with Crippen molar-refractivity contribution < 1.29 is 9.59 Å². The number of hydrogen-bond donors (Lipinski definition) is 0. The second kappa shape index (κ2) is 11.2. The summed E-state index contributed by atoms with van der Waals surface area (Å²) in [7, 11) is 3.85. The molecule has 0 N–H and O–H groups in total. The minimum absolute atomic E-state index is 0.0483. The molecule has 2 atom stereocenters. The van der Waals surface area contributed by atoms with Gasteiger partial charge < -0.3 is 0 Å². The molecule has 2 rings (SSSR count). The molecular formula is C26H36N2O2. The Morgan fingerprint density at radius 3 is 1.97 bits per heavy atom. The van der Waals surface area contributed by atoms with Crippen molar-refractivity contribution in [3.8, 4) is 0 Å². The minimum atomic E-state index is -0.298. The van der Waals surface area contributed by atoms with Gasteiger partial charge in [0.1, 0.15) is 0 Å². The van der Waals surface area contributed by atoms with E-state index in [0.717, 1.165) is 29.8 Å². The van der Waals surface area contributed by atoms with Crippen LogP contribution < -0.4 is 0 Å². The molecule has 0 amide bonds. The molecule has 0 unspecified atom stereocenters. The maximum absolute atomic E-state index is 13.4. The summed E-state index contributed by atoms with van der Waals surface area (Å²) in [6.45, 7) is 9.67. The van der Waals surface area contributed by atoms with E-state index in [2.05, 4.69) is 18.7 Å². The Morgan fingerprint density at radius 2 is 1.43 bits per heavy atom. The number of carbonyl (C=O) groups is 2. The molecule has 4 nitrogen and oxygen atoms in total. The summed E-state index contributed by atoms with van der Waals surface area (Å²) in [5, 5.41) is 0. The van der Waals surface area contributed by atoms with Crippen molar-refractivity contribution in [1.82, 2.24) is 9.80 Å². The van der Waals surface area contributed by atoms with E-state index >= 15 is 0 Å². The van der Waals surface area contributed by atoms with Crippen LogP contribution in [0.2, 0.25) is 0 Å². The van der Waals surface area contributed by atoms with Crippen molar-refractivity contribution in [3.63, 3.8) is 0 Å². The highest BCUT2D eigenvalue weighted by Crippen LogP contribution is 2.26. The zero-order chi connectivity index (χ0) is 22.3. The van der Waals surface area contributed by atoms with Gasteiger partial charge in [-0.05, 0) is 43.9 Å². The predicted molar refractivity (Wildman–Crippen MR) is 124 cm³/mol. The van der Waals surface area contributed by atoms with Gasteiger partial charge in [-0.1, -0.05) is 82.3 Å². The zero-order valence-corrected chi connectivity index (χ0v) is 19.3. The molecule has 0 spiro atoms. The standard InChI is InChI=1S/C26H36N2O2/c1-7-28(8-2)24(21-14-10-9-11-15-21)23(29)18-20-13-12-16-22(17-20)25(27(5)6)26(30)19(3)4/h9-17,19,24-25H,7-8,18H2,1-6H3/t24-,25-/m1/s1. The van der Waals surface area contributed by atoms with Gasteiger partial charge in [-0.3, -0.25) is 19.4 Å². The average Bonchev–Trinajstić information content (AvgIpc) is 2.72. The summed E-state index contributed by atoms with van der Waals surface area (Å²) in [6, 6.07) is 17.4. The van der Waals surface area contributed by atoms with E-state index in [-0.39, 0.29) is 29.6 Å².